The molecule has 0 unspecified atom stereocenters. The average Bonchev–Trinajstić information content (AvgIpc) is 2.21. The summed E-state index contributed by atoms with van der Waals surface area (Å²) in [5.74, 6) is -1.66. The zero-order chi connectivity index (χ0) is 12.7. The molecule has 0 bridgehead atoms. The first-order valence-corrected chi connectivity index (χ1v) is 5.24. The number of carbonyl (C=O) groups excluding carboxylic acids is 3. The fourth-order valence-corrected chi connectivity index (χ4v) is 1.28. The molecule has 0 heterocycles. The van der Waals surface area contributed by atoms with Crippen molar-refractivity contribution in [1.29, 1.82) is 0 Å². The van der Waals surface area contributed by atoms with Crippen molar-refractivity contribution in [2.75, 3.05) is 0 Å². The predicted octanol–water partition coefficient (Wildman–Crippen LogP) is -0.950. The van der Waals surface area contributed by atoms with Gasteiger partial charge in [0.25, 0.3) is 0 Å². The highest BCUT2D eigenvalue weighted by molar-refractivity contribution is 5.86. The van der Waals surface area contributed by atoms with Crippen LogP contribution in [0.4, 0.5) is 0 Å². The summed E-state index contributed by atoms with van der Waals surface area (Å²) in [7, 11) is 0. The van der Waals surface area contributed by atoms with E-state index >= 15 is 0 Å². The molecule has 0 aliphatic carbocycles. The largest absolute Gasteiger partial charge is 0.369 e. The lowest BCUT2D eigenvalue weighted by molar-refractivity contribution is -0.127. The van der Waals surface area contributed by atoms with Gasteiger partial charge in [-0.15, -0.1) is 0 Å². The van der Waals surface area contributed by atoms with E-state index in [4.69, 9.17) is 17.2 Å². The summed E-state index contributed by atoms with van der Waals surface area (Å²) in [6.45, 7) is 1.79. The van der Waals surface area contributed by atoms with Gasteiger partial charge in [-0.3, -0.25) is 14.4 Å². The SMILES string of the molecule is CC[C@H](CC(=O)CC[C@H](N)C(N)=O)C(N)=O. The lowest BCUT2D eigenvalue weighted by Crippen LogP contribution is -2.36. The second kappa shape index (κ2) is 6.95. The highest BCUT2D eigenvalue weighted by Crippen LogP contribution is 2.10. The monoisotopic (exact) mass is 229 g/mol. The topological polar surface area (TPSA) is 129 Å². The zero-order valence-corrected chi connectivity index (χ0v) is 9.44. The number of carbonyl (C=O) groups is 3. The molecular weight excluding hydrogens is 210 g/mol. The molecule has 0 rings (SSSR count). The lowest BCUT2D eigenvalue weighted by Gasteiger charge is -2.10. The van der Waals surface area contributed by atoms with E-state index in [2.05, 4.69) is 0 Å². The van der Waals surface area contributed by atoms with Gasteiger partial charge in [-0.05, 0) is 12.8 Å². The zero-order valence-electron chi connectivity index (χ0n) is 9.44. The fraction of sp³-hybridized carbons (Fsp3) is 0.700. The van der Waals surface area contributed by atoms with Crippen LogP contribution in [0, 0.1) is 5.92 Å². The first-order valence-electron chi connectivity index (χ1n) is 5.24. The van der Waals surface area contributed by atoms with Gasteiger partial charge in [0.15, 0.2) is 0 Å². The van der Waals surface area contributed by atoms with Crippen LogP contribution in [0.15, 0.2) is 0 Å². The first kappa shape index (κ1) is 14.6. The summed E-state index contributed by atoms with van der Waals surface area (Å²) in [4.78, 5) is 32.9. The van der Waals surface area contributed by atoms with E-state index in [-0.39, 0.29) is 25.0 Å². The molecular formula is C10H19N3O3. The summed E-state index contributed by atoms with van der Waals surface area (Å²) in [5, 5.41) is 0. The van der Waals surface area contributed by atoms with Crippen molar-refractivity contribution in [3.8, 4) is 0 Å². The molecule has 0 saturated heterocycles. The first-order chi connectivity index (χ1) is 7.38. The quantitative estimate of drug-likeness (QED) is 0.495. The Morgan fingerprint density at radius 1 is 1.12 bits per heavy atom. The number of nitrogens with two attached hydrogens (primary N) is 3. The molecule has 2 amide bonds. The number of amides is 2. The van der Waals surface area contributed by atoms with E-state index in [9.17, 15) is 14.4 Å². The molecule has 0 radical (unpaired) electrons. The van der Waals surface area contributed by atoms with Crippen LogP contribution in [0.1, 0.15) is 32.6 Å². The lowest BCUT2D eigenvalue weighted by atomic mass is 9.96. The Labute approximate surface area is 94.5 Å². The fourth-order valence-electron chi connectivity index (χ4n) is 1.28. The minimum Gasteiger partial charge on any atom is -0.369 e. The van der Waals surface area contributed by atoms with E-state index in [1.807, 2.05) is 0 Å². The van der Waals surface area contributed by atoms with Gasteiger partial charge in [-0.2, -0.15) is 0 Å². The van der Waals surface area contributed by atoms with Gasteiger partial charge in [0.2, 0.25) is 11.8 Å². The molecule has 0 aliphatic heterocycles. The second-order valence-corrected chi connectivity index (χ2v) is 3.80. The van der Waals surface area contributed by atoms with Gasteiger partial charge in [-0.1, -0.05) is 6.92 Å². The normalized spacial score (nSPS) is 14.1. The summed E-state index contributed by atoms with van der Waals surface area (Å²) >= 11 is 0. The Morgan fingerprint density at radius 2 is 1.69 bits per heavy atom. The van der Waals surface area contributed by atoms with Crippen molar-refractivity contribution in [3.05, 3.63) is 0 Å². The Balaban J connectivity index is 3.99. The number of rotatable bonds is 8. The smallest absolute Gasteiger partial charge is 0.234 e. The summed E-state index contributed by atoms with van der Waals surface area (Å²) in [5.41, 5.74) is 15.4. The van der Waals surface area contributed by atoms with E-state index in [0.29, 0.717) is 6.42 Å². The molecule has 0 aromatic rings. The van der Waals surface area contributed by atoms with Crippen LogP contribution in [-0.2, 0) is 14.4 Å². The Morgan fingerprint density at radius 3 is 2.06 bits per heavy atom. The van der Waals surface area contributed by atoms with Crippen molar-refractivity contribution in [2.45, 2.75) is 38.6 Å². The summed E-state index contributed by atoms with van der Waals surface area (Å²) < 4.78 is 0. The highest BCUT2D eigenvalue weighted by atomic mass is 16.2. The molecule has 0 spiro atoms. The summed E-state index contributed by atoms with van der Waals surface area (Å²) in [6, 6.07) is -0.808. The Hall–Kier alpha value is -1.43. The van der Waals surface area contributed by atoms with E-state index in [1.54, 1.807) is 6.92 Å². The number of hydrogen-bond acceptors (Lipinski definition) is 4. The minimum atomic E-state index is -0.808. The van der Waals surface area contributed by atoms with Crippen molar-refractivity contribution in [3.63, 3.8) is 0 Å². The molecule has 2 atom stereocenters. The molecule has 6 N–H and O–H groups in total. The van der Waals surface area contributed by atoms with Crippen molar-refractivity contribution in [2.24, 2.45) is 23.1 Å². The van der Waals surface area contributed by atoms with Gasteiger partial charge >= 0.3 is 0 Å². The second-order valence-electron chi connectivity index (χ2n) is 3.80. The maximum absolute atomic E-state index is 11.4. The molecule has 0 aliphatic rings. The van der Waals surface area contributed by atoms with Crippen LogP contribution in [0.2, 0.25) is 0 Å². The van der Waals surface area contributed by atoms with Gasteiger partial charge < -0.3 is 17.2 Å². The molecule has 0 aromatic carbocycles. The molecule has 16 heavy (non-hydrogen) atoms. The van der Waals surface area contributed by atoms with E-state index in [0.717, 1.165) is 0 Å². The van der Waals surface area contributed by atoms with Crippen molar-refractivity contribution >= 4 is 17.6 Å². The number of Topliss-reactive ketones (excluding diaryl/α,β-unsaturated/α-hetero) is 1. The van der Waals surface area contributed by atoms with Crippen LogP contribution in [0.3, 0.4) is 0 Å². The van der Waals surface area contributed by atoms with Crippen molar-refractivity contribution in [1.82, 2.24) is 0 Å². The van der Waals surface area contributed by atoms with Crippen LogP contribution < -0.4 is 17.2 Å². The maximum atomic E-state index is 11.4. The third-order valence-corrected chi connectivity index (χ3v) is 2.47. The van der Waals surface area contributed by atoms with Gasteiger partial charge in [0.1, 0.15) is 5.78 Å². The molecule has 0 saturated carbocycles. The van der Waals surface area contributed by atoms with Crippen LogP contribution >= 0.6 is 0 Å². The number of primary amides is 2. The molecule has 0 fully saturated rings. The highest BCUT2D eigenvalue weighted by Gasteiger charge is 2.18. The molecule has 6 heteroatoms. The third kappa shape index (κ3) is 5.45. The maximum Gasteiger partial charge on any atom is 0.234 e. The van der Waals surface area contributed by atoms with Crippen LogP contribution in [-0.4, -0.2) is 23.6 Å². The molecule has 0 aromatic heterocycles. The van der Waals surface area contributed by atoms with Gasteiger partial charge in [0, 0.05) is 18.8 Å². The number of ketones is 1. The number of hydrogen-bond donors (Lipinski definition) is 3. The Kier molecular flexibility index (Phi) is 6.32. The third-order valence-electron chi connectivity index (χ3n) is 2.47. The van der Waals surface area contributed by atoms with Gasteiger partial charge in [0.05, 0.1) is 6.04 Å². The summed E-state index contributed by atoms with van der Waals surface area (Å²) in [6.07, 6.45) is 0.998. The standard InChI is InChI=1S/C10H19N3O3/c1-2-6(9(12)15)5-7(14)3-4-8(11)10(13)16/h6,8H,2-5,11H2,1H3,(H2,12,15)(H2,13,16)/t6-,8+/m1/s1. The average molecular weight is 229 g/mol. The van der Waals surface area contributed by atoms with E-state index in [1.165, 1.54) is 0 Å². The van der Waals surface area contributed by atoms with Crippen LogP contribution in [0.5, 0.6) is 0 Å². The predicted molar refractivity (Wildman–Crippen MR) is 59.0 cm³/mol. The minimum absolute atomic E-state index is 0.108. The molecule has 92 valence electrons. The van der Waals surface area contributed by atoms with Crippen molar-refractivity contribution < 1.29 is 14.4 Å². The van der Waals surface area contributed by atoms with Gasteiger partial charge in [-0.25, -0.2) is 0 Å². The molecule has 6 nitrogen and oxygen atoms in total. The van der Waals surface area contributed by atoms with Crippen LogP contribution in [0.25, 0.3) is 0 Å². The van der Waals surface area contributed by atoms with E-state index < -0.39 is 23.8 Å². The Bertz CT molecular complexity index is 278.